The van der Waals surface area contributed by atoms with Crippen molar-refractivity contribution in [2.45, 2.75) is 53.6 Å². The third-order valence-electron chi connectivity index (χ3n) is 1.83. The minimum Gasteiger partial charge on any atom is -0.465 e. The fourth-order valence-electron chi connectivity index (χ4n) is 1.33. The first-order chi connectivity index (χ1) is 6.76. The maximum atomic E-state index is 9.99. The van der Waals surface area contributed by atoms with Gasteiger partial charge in [0.15, 0.2) is 0 Å². The minimum atomic E-state index is -0.540. The van der Waals surface area contributed by atoms with Gasteiger partial charge in [-0.05, 0) is 31.3 Å². The fourth-order valence-corrected chi connectivity index (χ4v) is 1.33. The van der Waals surface area contributed by atoms with E-state index in [1.54, 1.807) is 6.92 Å². The molecule has 2 heteroatoms. The summed E-state index contributed by atoms with van der Waals surface area (Å²) in [6.45, 7) is 13.8. The average Bonchev–Trinajstić information content (AvgIpc) is 1.99. The lowest BCUT2D eigenvalue weighted by molar-refractivity contribution is 0.0959. The second kappa shape index (κ2) is 5.96. The molecule has 0 aromatic rings. The summed E-state index contributed by atoms with van der Waals surface area (Å²) in [5, 5.41) is 9.99. The normalized spacial score (nSPS) is 14.9. The molecule has 1 unspecified atom stereocenters. The number of hydrogen-bond acceptors (Lipinski definition) is 2. The summed E-state index contributed by atoms with van der Waals surface area (Å²) in [4.78, 5) is 0. The van der Waals surface area contributed by atoms with Crippen LogP contribution in [0.5, 0.6) is 0 Å². The Balaban J connectivity index is 4.50. The summed E-state index contributed by atoms with van der Waals surface area (Å²) in [5.41, 5.74) is 0.0880. The van der Waals surface area contributed by atoms with Gasteiger partial charge >= 0.3 is 0 Å². The molecule has 2 nitrogen and oxygen atoms in total. The summed E-state index contributed by atoms with van der Waals surface area (Å²) in [6, 6.07) is 0. The second-order valence-electron chi connectivity index (χ2n) is 5.10. The highest BCUT2D eigenvalue weighted by molar-refractivity contribution is 5.03. The van der Waals surface area contributed by atoms with E-state index in [4.69, 9.17) is 4.74 Å². The Kier molecular flexibility index (Phi) is 5.66. The van der Waals surface area contributed by atoms with Crippen molar-refractivity contribution in [3.05, 3.63) is 24.2 Å². The highest BCUT2D eigenvalue weighted by Crippen LogP contribution is 2.25. The summed E-state index contributed by atoms with van der Waals surface area (Å²) >= 11 is 0. The summed E-state index contributed by atoms with van der Waals surface area (Å²) in [7, 11) is 0. The van der Waals surface area contributed by atoms with E-state index < -0.39 is 6.10 Å². The third-order valence-corrected chi connectivity index (χ3v) is 1.83. The number of hydrogen-bond donors (Lipinski definition) is 1. The molecule has 0 aromatic carbocycles. The van der Waals surface area contributed by atoms with Crippen molar-refractivity contribution in [1.29, 1.82) is 0 Å². The first kappa shape index (κ1) is 14.2. The van der Waals surface area contributed by atoms with Gasteiger partial charge in [-0.15, -0.1) is 0 Å². The molecule has 0 radical (unpaired) electrons. The highest BCUT2D eigenvalue weighted by Gasteiger charge is 2.20. The molecular weight excluding hydrogens is 188 g/mol. The van der Waals surface area contributed by atoms with E-state index >= 15 is 0 Å². The molecule has 0 aliphatic carbocycles. The number of rotatable bonds is 5. The smallest absolute Gasteiger partial charge is 0.128 e. The lowest BCUT2D eigenvalue weighted by atomic mass is 9.88. The predicted molar refractivity (Wildman–Crippen MR) is 64.4 cm³/mol. The van der Waals surface area contributed by atoms with Crippen LogP contribution in [0.25, 0.3) is 0 Å². The quantitative estimate of drug-likeness (QED) is 0.705. The summed E-state index contributed by atoms with van der Waals surface area (Å²) < 4.78 is 5.42. The largest absolute Gasteiger partial charge is 0.465 e. The van der Waals surface area contributed by atoms with Gasteiger partial charge in [0.1, 0.15) is 11.9 Å². The van der Waals surface area contributed by atoms with Crippen LogP contribution in [-0.4, -0.2) is 11.2 Å². The summed E-state index contributed by atoms with van der Waals surface area (Å²) in [5.74, 6) is 1.24. The van der Waals surface area contributed by atoms with Crippen LogP contribution in [0, 0.1) is 5.41 Å². The van der Waals surface area contributed by atoms with E-state index in [0.717, 1.165) is 6.42 Å². The Morgan fingerprint density at radius 3 is 2.33 bits per heavy atom. The summed E-state index contributed by atoms with van der Waals surface area (Å²) in [6.07, 6.45) is 2.91. The van der Waals surface area contributed by atoms with Gasteiger partial charge in [-0.1, -0.05) is 34.3 Å². The highest BCUT2D eigenvalue weighted by atomic mass is 16.5. The molecular formula is C13H24O2. The first-order valence-electron chi connectivity index (χ1n) is 5.47. The van der Waals surface area contributed by atoms with Crippen LogP contribution in [0.3, 0.4) is 0 Å². The number of allylic oxidation sites excluding steroid dienone is 2. The standard InChI is InChI=1S/C13H24O2/c1-7-8-12(15-10(2)3)11(14)9-13(4,5)6/h8,11,14H,2,7,9H2,1,3-6H3/b12-8-. The number of aliphatic hydroxyl groups is 1. The van der Waals surface area contributed by atoms with Crippen molar-refractivity contribution >= 4 is 0 Å². The van der Waals surface area contributed by atoms with Gasteiger partial charge in [0, 0.05) is 0 Å². The Hall–Kier alpha value is -0.760. The van der Waals surface area contributed by atoms with Gasteiger partial charge in [-0.2, -0.15) is 0 Å². The Bertz CT molecular complexity index is 233. The van der Waals surface area contributed by atoms with Gasteiger partial charge in [0.2, 0.25) is 0 Å². The van der Waals surface area contributed by atoms with Crippen molar-refractivity contribution < 1.29 is 9.84 Å². The zero-order valence-electron chi connectivity index (χ0n) is 10.6. The first-order valence-corrected chi connectivity index (χ1v) is 5.47. The molecule has 88 valence electrons. The molecule has 0 amide bonds. The molecule has 0 rings (SSSR count). The van der Waals surface area contributed by atoms with Crippen molar-refractivity contribution in [2.75, 3.05) is 0 Å². The maximum absolute atomic E-state index is 9.99. The zero-order chi connectivity index (χ0) is 12.1. The van der Waals surface area contributed by atoms with Gasteiger partial charge in [0.25, 0.3) is 0 Å². The molecule has 1 atom stereocenters. The molecule has 0 fully saturated rings. The van der Waals surface area contributed by atoms with Gasteiger partial charge in [-0.25, -0.2) is 0 Å². The third kappa shape index (κ3) is 7.20. The van der Waals surface area contributed by atoms with Crippen LogP contribution in [0.15, 0.2) is 24.2 Å². The van der Waals surface area contributed by atoms with Gasteiger partial charge in [0.05, 0.1) is 5.76 Å². The van der Waals surface area contributed by atoms with Crippen LogP contribution in [0.1, 0.15) is 47.5 Å². The molecule has 0 heterocycles. The molecule has 0 bridgehead atoms. The monoisotopic (exact) mass is 212 g/mol. The molecule has 0 saturated carbocycles. The molecule has 0 aliphatic rings. The van der Waals surface area contributed by atoms with Crippen LogP contribution in [0.2, 0.25) is 0 Å². The SMILES string of the molecule is C=C(C)O/C(=C\CC)C(O)CC(C)(C)C. The van der Waals surface area contributed by atoms with Crippen LogP contribution >= 0.6 is 0 Å². The Morgan fingerprint density at radius 1 is 1.47 bits per heavy atom. The zero-order valence-corrected chi connectivity index (χ0v) is 10.6. The van der Waals surface area contributed by atoms with E-state index in [2.05, 4.69) is 27.4 Å². The Morgan fingerprint density at radius 2 is 2.00 bits per heavy atom. The van der Waals surface area contributed by atoms with Gasteiger partial charge < -0.3 is 9.84 Å². The topological polar surface area (TPSA) is 29.5 Å². The molecule has 15 heavy (non-hydrogen) atoms. The minimum absolute atomic E-state index is 0.0880. The van der Waals surface area contributed by atoms with E-state index in [0.29, 0.717) is 17.9 Å². The van der Waals surface area contributed by atoms with Crippen LogP contribution in [-0.2, 0) is 4.74 Å². The maximum Gasteiger partial charge on any atom is 0.128 e. The van der Waals surface area contributed by atoms with E-state index in [9.17, 15) is 5.11 Å². The molecule has 0 saturated heterocycles. The molecule has 0 aromatic heterocycles. The lowest BCUT2D eigenvalue weighted by Crippen LogP contribution is -2.20. The lowest BCUT2D eigenvalue weighted by Gasteiger charge is -2.24. The van der Waals surface area contributed by atoms with E-state index in [1.807, 2.05) is 13.0 Å². The van der Waals surface area contributed by atoms with Gasteiger partial charge in [-0.3, -0.25) is 0 Å². The van der Waals surface area contributed by atoms with E-state index in [1.165, 1.54) is 0 Å². The molecule has 0 spiro atoms. The second-order valence-corrected chi connectivity index (χ2v) is 5.10. The van der Waals surface area contributed by atoms with Crippen molar-refractivity contribution in [2.24, 2.45) is 5.41 Å². The number of ether oxygens (including phenoxy) is 1. The van der Waals surface area contributed by atoms with Crippen LogP contribution < -0.4 is 0 Å². The predicted octanol–water partition coefficient (Wildman–Crippen LogP) is 3.63. The van der Waals surface area contributed by atoms with Crippen LogP contribution in [0.4, 0.5) is 0 Å². The average molecular weight is 212 g/mol. The van der Waals surface area contributed by atoms with Crippen molar-refractivity contribution in [3.63, 3.8) is 0 Å². The van der Waals surface area contributed by atoms with Crippen molar-refractivity contribution in [1.82, 2.24) is 0 Å². The fraction of sp³-hybridized carbons (Fsp3) is 0.692. The number of aliphatic hydroxyl groups excluding tert-OH is 1. The van der Waals surface area contributed by atoms with Crippen molar-refractivity contribution in [3.8, 4) is 0 Å². The molecule has 0 aliphatic heterocycles. The van der Waals surface area contributed by atoms with E-state index in [-0.39, 0.29) is 5.41 Å². The Labute approximate surface area is 93.6 Å². The molecule has 1 N–H and O–H groups in total.